The van der Waals surface area contributed by atoms with Crippen molar-refractivity contribution in [3.63, 3.8) is 0 Å². The number of carbonyl (C=O) groups excluding carboxylic acids is 1. The third-order valence-electron chi connectivity index (χ3n) is 1.10. The molecule has 3 heteroatoms. The zero-order chi connectivity index (χ0) is 7.98. The molecule has 1 atom stereocenters. The van der Waals surface area contributed by atoms with E-state index < -0.39 is 6.10 Å². The molecule has 0 saturated carbocycles. The summed E-state index contributed by atoms with van der Waals surface area (Å²) < 4.78 is 4.57. The van der Waals surface area contributed by atoms with Gasteiger partial charge in [0, 0.05) is 6.92 Å². The topological polar surface area (TPSA) is 46.5 Å². The minimum atomic E-state index is -0.492. The van der Waals surface area contributed by atoms with Crippen molar-refractivity contribution >= 4 is 5.97 Å². The van der Waals surface area contributed by atoms with Crippen molar-refractivity contribution in [2.24, 2.45) is 0 Å². The molecule has 0 unspecified atom stereocenters. The van der Waals surface area contributed by atoms with Crippen molar-refractivity contribution in [2.75, 3.05) is 6.61 Å². The smallest absolute Gasteiger partial charge is 0.302 e. The lowest BCUT2D eigenvalue weighted by molar-refractivity contribution is -0.144. The second-order valence-corrected chi connectivity index (χ2v) is 2.25. The zero-order valence-electron chi connectivity index (χ0n) is 6.46. The average Bonchev–Trinajstić information content (AvgIpc) is 1.85. The van der Waals surface area contributed by atoms with Crippen LogP contribution < -0.4 is 0 Å². The van der Waals surface area contributed by atoms with E-state index in [2.05, 4.69) is 4.74 Å². The van der Waals surface area contributed by atoms with Crippen molar-refractivity contribution in [1.29, 1.82) is 0 Å². The van der Waals surface area contributed by atoms with Gasteiger partial charge in [0.25, 0.3) is 0 Å². The van der Waals surface area contributed by atoms with Gasteiger partial charge in [-0.15, -0.1) is 0 Å². The van der Waals surface area contributed by atoms with E-state index >= 15 is 0 Å². The quantitative estimate of drug-likeness (QED) is 0.594. The first kappa shape index (κ1) is 9.43. The van der Waals surface area contributed by atoms with E-state index in [0.717, 1.165) is 6.42 Å². The fourth-order valence-electron chi connectivity index (χ4n) is 0.630. The molecule has 0 bridgehead atoms. The number of carbonyl (C=O) groups is 1. The van der Waals surface area contributed by atoms with Gasteiger partial charge in [-0.3, -0.25) is 4.79 Å². The summed E-state index contributed by atoms with van der Waals surface area (Å²) in [6.45, 7) is 3.43. The molecule has 0 amide bonds. The van der Waals surface area contributed by atoms with E-state index in [1.165, 1.54) is 6.92 Å². The summed E-state index contributed by atoms with van der Waals surface area (Å²) in [4.78, 5) is 10.2. The van der Waals surface area contributed by atoms with Gasteiger partial charge >= 0.3 is 5.97 Å². The maximum atomic E-state index is 10.2. The Labute approximate surface area is 61.0 Å². The summed E-state index contributed by atoms with van der Waals surface area (Å²) in [5, 5.41) is 9.02. The molecular weight excluding hydrogens is 132 g/mol. The molecule has 0 radical (unpaired) electrons. The first-order valence-corrected chi connectivity index (χ1v) is 3.48. The molecule has 3 nitrogen and oxygen atoms in total. The molecule has 0 aromatic carbocycles. The van der Waals surface area contributed by atoms with Crippen molar-refractivity contribution in [3.8, 4) is 0 Å². The van der Waals surface area contributed by atoms with Crippen molar-refractivity contribution in [3.05, 3.63) is 0 Å². The second-order valence-electron chi connectivity index (χ2n) is 2.25. The van der Waals surface area contributed by atoms with Crippen LogP contribution in [-0.2, 0) is 9.53 Å². The van der Waals surface area contributed by atoms with Gasteiger partial charge in [-0.25, -0.2) is 0 Å². The fourth-order valence-corrected chi connectivity index (χ4v) is 0.630. The van der Waals surface area contributed by atoms with Crippen LogP contribution in [0.4, 0.5) is 0 Å². The van der Waals surface area contributed by atoms with Crippen LogP contribution in [0.25, 0.3) is 0 Å². The molecule has 1 N–H and O–H groups in total. The third-order valence-corrected chi connectivity index (χ3v) is 1.10. The van der Waals surface area contributed by atoms with Crippen LogP contribution in [-0.4, -0.2) is 23.8 Å². The molecule has 0 heterocycles. The standard InChI is InChI=1S/C7H14O3/c1-3-4-7(9)5-10-6(2)8/h7,9H,3-5H2,1-2H3/t7-/m0/s1. The van der Waals surface area contributed by atoms with Crippen LogP contribution in [0.1, 0.15) is 26.7 Å². The van der Waals surface area contributed by atoms with Gasteiger partial charge in [0.05, 0.1) is 6.10 Å². The molecule has 0 aromatic rings. The number of aliphatic hydroxyl groups is 1. The van der Waals surface area contributed by atoms with Crippen LogP contribution in [0.3, 0.4) is 0 Å². The predicted octanol–water partition coefficient (Wildman–Crippen LogP) is 0.710. The molecule has 0 aliphatic carbocycles. The average molecular weight is 146 g/mol. The Morgan fingerprint density at radius 2 is 2.30 bits per heavy atom. The number of aliphatic hydroxyl groups excluding tert-OH is 1. The number of rotatable bonds is 4. The van der Waals surface area contributed by atoms with Gasteiger partial charge in [0.1, 0.15) is 6.61 Å². The molecule has 0 spiro atoms. The number of hydrogen-bond donors (Lipinski definition) is 1. The summed E-state index contributed by atoms with van der Waals surface area (Å²) in [6, 6.07) is 0. The normalized spacial score (nSPS) is 12.7. The van der Waals surface area contributed by atoms with E-state index in [1.54, 1.807) is 0 Å². The van der Waals surface area contributed by atoms with Crippen LogP contribution in [0.2, 0.25) is 0 Å². The van der Waals surface area contributed by atoms with E-state index in [0.29, 0.717) is 6.42 Å². The lowest BCUT2D eigenvalue weighted by atomic mass is 10.2. The molecular formula is C7H14O3. The Morgan fingerprint density at radius 3 is 2.70 bits per heavy atom. The molecule has 60 valence electrons. The number of hydrogen-bond acceptors (Lipinski definition) is 3. The summed E-state index contributed by atoms with van der Waals surface area (Å²) >= 11 is 0. The molecule has 10 heavy (non-hydrogen) atoms. The predicted molar refractivity (Wildman–Crippen MR) is 37.5 cm³/mol. The maximum Gasteiger partial charge on any atom is 0.302 e. The lowest BCUT2D eigenvalue weighted by Crippen LogP contribution is -2.16. The SMILES string of the molecule is CCC[C@H](O)COC(C)=O. The Hall–Kier alpha value is -0.570. The van der Waals surface area contributed by atoms with Crippen LogP contribution in [0.15, 0.2) is 0 Å². The van der Waals surface area contributed by atoms with Crippen LogP contribution in [0.5, 0.6) is 0 Å². The van der Waals surface area contributed by atoms with Gasteiger partial charge in [-0.1, -0.05) is 13.3 Å². The van der Waals surface area contributed by atoms with Gasteiger partial charge in [0.15, 0.2) is 0 Å². The van der Waals surface area contributed by atoms with Gasteiger partial charge in [0.2, 0.25) is 0 Å². The summed E-state index contributed by atoms with van der Waals surface area (Å²) in [6.07, 6.45) is 1.10. The molecule has 0 rings (SSSR count). The largest absolute Gasteiger partial charge is 0.463 e. The van der Waals surface area contributed by atoms with Crippen molar-refractivity contribution < 1.29 is 14.6 Å². The minimum Gasteiger partial charge on any atom is -0.463 e. The van der Waals surface area contributed by atoms with Gasteiger partial charge in [-0.05, 0) is 6.42 Å². The van der Waals surface area contributed by atoms with Crippen molar-refractivity contribution in [1.82, 2.24) is 0 Å². The van der Waals surface area contributed by atoms with Crippen LogP contribution in [0, 0.1) is 0 Å². The maximum absolute atomic E-state index is 10.2. The second kappa shape index (κ2) is 5.23. The molecule has 0 aromatic heterocycles. The number of ether oxygens (including phenoxy) is 1. The third kappa shape index (κ3) is 5.56. The Bertz CT molecular complexity index is 101. The van der Waals surface area contributed by atoms with E-state index in [1.807, 2.05) is 6.92 Å². The molecule has 0 aliphatic rings. The highest BCUT2D eigenvalue weighted by atomic mass is 16.5. The zero-order valence-corrected chi connectivity index (χ0v) is 6.46. The molecule has 0 aliphatic heterocycles. The highest BCUT2D eigenvalue weighted by molar-refractivity contribution is 5.65. The summed E-state index contributed by atoms with van der Waals surface area (Å²) in [5.41, 5.74) is 0. The fraction of sp³-hybridized carbons (Fsp3) is 0.857. The van der Waals surface area contributed by atoms with Gasteiger partial charge in [-0.2, -0.15) is 0 Å². The highest BCUT2D eigenvalue weighted by Crippen LogP contribution is 1.95. The highest BCUT2D eigenvalue weighted by Gasteiger charge is 2.03. The number of esters is 1. The monoisotopic (exact) mass is 146 g/mol. The lowest BCUT2D eigenvalue weighted by Gasteiger charge is -2.07. The van der Waals surface area contributed by atoms with E-state index in [-0.39, 0.29) is 12.6 Å². The summed E-state index contributed by atoms with van der Waals surface area (Å²) in [5.74, 6) is -0.338. The minimum absolute atomic E-state index is 0.128. The Morgan fingerprint density at radius 1 is 1.70 bits per heavy atom. The van der Waals surface area contributed by atoms with Crippen LogP contribution >= 0.6 is 0 Å². The van der Waals surface area contributed by atoms with E-state index in [9.17, 15) is 4.79 Å². The Balaban J connectivity index is 3.21. The molecule has 0 fully saturated rings. The first-order valence-electron chi connectivity index (χ1n) is 3.48. The van der Waals surface area contributed by atoms with Crippen molar-refractivity contribution in [2.45, 2.75) is 32.8 Å². The Kier molecular flexibility index (Phi) is 4.94. The van der Waals surface area contributed by atoms with E-state index in [4.69, 9.17) is 5.11 Å². The van der Waals surface area contributed by atoms with Gasteiger partial charge < -0.3 is 9.84 Å². The first-order chi connectivity index (χ1) is 4.66. The molecule has 0 saturated heterocycles. The summed E-state index contributed by atoms with van der Waals surface area (Å²) in [7, 11) is 0.